The molecule has 128 valence electrons. The van der Waals surface area contributed by atoms with E-state index >= 15 is 0 Å². The third-order valence-corrected chi connectivity index (χ3v) is 5.28. The van der Waals surface area contributed by atoms with Crippen molar-refractivity contribution in [1.29, 1.82) is 0 Å². The topological polar surface area (TPSA) is 66.1 Å². The maximum Gasteiger partial charge on any atom is 0.283 e. The lowest BCUT2D eigenvalue weighted by atomic mass is 9.77. The molecular formula is C20H20N2O3. The fraction of sp³-hybridized carbons (Fsp3) is 0.350. The standard InChI is InChI=1S/C20H20N2O3/c21-19-22-20(12-24-19)14-7-1-2-9-16(14)25-17-10-5-6-13(18(17)20)15-8-3-4-11-23-15/h1-2,5-7,9-10,15H,3-4,8,11-12H2,(H2,21,22). The van der Waals surface area contributed by atoms with Crippen LogP contribution in [0.3, 0.4) is 0 Å². The van der Waals surface area contributed by atoms with Crippen molar-refractivity contribution in [3.8, 4) is 11.5 Å². The molecular weight excluding hydrogens is 316 g/mol. The average Bonchev–Trinajstić information content (AvgIpc) is 3.04. The summed E-state index contributed by atoms with van der Waals surface area (Å²) >= 11 is 0. The van der Waals surface area contributed by atoms with Crippen LogP contribution in [-0.2, 0) is 15.0 Å². The van der Waals surface area contributed by atoms with Crippen molar-refractivity contribution in [3.05, 3.63) is 59.2 Å². The lowest BCUT2D eigenvalue weighted by molar-refractivity contribution is 0.0135. The third kappa shape index (κ3) is 2.15. The van der Waals surface area contributed by atoms with Crippen LogP contribution >= 0.6 is 0 Å². The number of fused-ring (bicyclic) bond motifs is 4. The van der Waals surface area contributed by atoms with Crippen LogP contribution in [0.2, 0.25) is 0 Å². The zero-order valence-corrected chi connectivity index (χ0v) is 13.9. The molecule has 5 heteroatoms. The Bertz CT molecular complexity index is 858. The van der Waals surface area contributed by atoms with Crippen LogP contribution < -0.4 is 10.5 Å². The molecule has 3 aliphatic heterocycles. The molecule has 0 amide bonds. The van der Waals surface area contributed by atoms with Crippen molar-refractivity contribution >= 4 is 6.02 Å². The van der Waals surface area contributed by atoms with Gasteiger partial charge in [0.25, 0.3) is 6.02 Å². The highest BCUT2D eigenvalue weighted by Gasteiger charge is 2.48. The normalized spacial score (nSPS) is 27.0. The SMILES string of the molecule is NC1=NC2(CO1)c1ccccc1Oc1cccc(C3CCCCO3)c12. The summed E-state index contributed by atoms with van der Waals surface area (Å²) in [7, 11) is 0. The molecule has 1 spiro atoms. The molecule has 1 saturated heterocycles. The van der Waals surface area contributed by atoms with Crippen molar-refractivity contribution in [2.24, 2.45) is 10.7 Å². The molecule has 2 atom stereocenters. The van der Waals surface area contributed by atoms with E-state index in [-0.39, 0.29) is 12.1 Å². The van der Waals surface area contributed by atoms with Crippen LogP contribution in [0.1, 0.15) is 42.1 Å². The van der Waals surface area contributed by atoms with Crippen LogP contribution in [0.4, 0.5) is 0 Å². The highest BCUT2D eigenvalue weighted by Crippen LogP contribution is 2.53. The van der Waals surface area contributed by atoms with E-state index in [2.05, 4.69) is 6.07 Å². The van der Waals surface area contributed by atoms with Crippen LogP contribution in [-0.4, -0.2) is 19.2 Å². The van der Waals surface area contributed by atoms with E-state index < -0.39 is 5.54 Å². The summed E-state index contributed by atoms with van der Waals surface area (Å²) < 4.78 is 17.9. The van der Waals surface area contributed by atoms with Crippen molar-refractivity contribution in [2.45, 2.75) is 30.9 Å². The van der Waals surface area contributed by atoms with Crippen molar-refractivity contribution in [1.82, 2.24) is 0 Å². The zero-order valence-electron chi connectivity index (χ0n) is 13.9. The molecule has 0 aromatic heterocycles. The van der Waals surface area contributed by atoms with E-state index in [1.54, 1.807) is 0 Å². The predicted octanol–water partition coefficient (Wildman–Crippen LogP) is 3.62. The molecule has 2 aromatic carbocycles. The van der Waals surface area contributed by atoms with Crippen LogP contribution in [0.15, 0.2) is 47.5 Å². The number of aliphatic imine (C=N–C) groups is 1. The van der Waals surface area contributed by atoms with Crippen LogP contribution in [0.25, 0.3) is 0 Å². The van der Waals surface area contributed by atoms with Gasteiger partial charge in [-0.3, -0.25) is 0 Å². The maximum atomic E-state index is 6.21. The molecule has 5 nitrogen and oxygen atoms in total. The first-order chi connectivity index (χ1) is 12.3. The van der Waals surface area contributed by atoms with E-state index in [4.69, 9.17) is 24.9 Å². The van der Waals surface area contributed by atoms with Gasteiger partial charge < -0.3 is 19.9 Å². The summed E-state index contributed by atoms with van der Waals surface area (Å²) in [6, 6.07) is 14.3. The van der Waals surface area contributed by atoms with Crippen LogP contribution in [0, 0.1) is 0 Å². The molecule has 2 unspecified atom stereocenters. The lowest BCUT2D eigenvalue weighted by Crippen LogP contribution is -2.33. The maximum absolute atomic E-state index is 6.21. The first kappa shape index (κ1) is 14.8. The summed E-state index contributed by atoms with van der Waals surface area (Å²) in [5.74, 6) is 1.62. The molecule has 0 aliphatic carbocycles. The summed E-state index contributed by atoms with van der Waals surface area (Å²) in [4.78, 5) is 4.75. The number of benzene rings is 2. The van der Waals surface area contributed by atoms with Gasteiger partial charge in [0.05, 0.1) is 6.10 Å². The minimum absolute atomic E-state index is 0.0615. The molecule has 2 N–H and O–H groups in total. The van der Waals surface area contributed by atoms with Gasteiger partial charge in [0.1, 0.15) is 18.1 Å². The molecule has 2 aromatic rings. The Balaban J connectivity index is 1.75. The average molecular weight is 336 g/mol. The highest BCUT2D eigenvalue weighted by atomic mass is 16.5. The second-order valence-corrected chi connectivity index (χ2v) is 6.77. The number of nitrogens with two attached hydrogens (primary N) is 1. The number of rotatable bonds is 1. The molecule has 0 saturated carbocycles. The van der Waals surface area contributed by atoms with E-state index in [0.29, 0.717) is 6.61 Å². The number of hydrogen-bond acceptors (Lipinski definition) is 5. The van der Waals surface area contributed by atoms with Gasteiger partial charge in [-0.05, 0) is 37.0 Å². The van der Waals surface area contributed by atoms with Crippen LogP contribution in [0.5, 0.6) is 11.5 Å². The van der Waals surface area contributed by atoms with Gasteiger partial charge in [0, 0.05) is 17.7 Å². The third-order valence-electron chi connectivity index (χ3n) is 5.28. The summed E-state index contributed by atoms with van der Waals surface area (Å²) in [6.45, 7) is 1.18. The second-order valence-electron chi connectivity index (χ2n) is 6.77. The Morgan fingerprint density at radius 3 is 2.72 bits per heavy atom. The van der Waals surface area contributed by atoms with E-state index in [1.165, 1.54) is 6.42 Å². The van der Waals surface area contributed by atoms with E-state index in [9.17, 15) is 0 Å². The predicted molar refractivity (Wildman–Crippen MR) is 93.9 cm³/mol. The summed E-state index contributed by atoms with van der Waals surface area (Å²) in [5.41, 5.74) is 8.43. The molecule has 0 radical (unpaired) electrons. The molecule has 0 bridgehead atoms. The monoisotopic (exact) mass is 336 g/mol. The van der Waals surface area contributed by atoms with Crippen molar-refractivity contribution < 1.29 is 14.2 Å². The molecule has 5 rings (SSSR count). The Kier molecular flexibility index (Phi) is 3.25. The molecule has 1 fully saturated rings. The smallest absolute Gasteiger partial charge is 0.283 e. The molecule has 25 heavy (non-hydrogen) atoms. The van der Waals surface area contributed by atoms with Gasteiger partial charge in [-0.15, -0.1) is 0 Å². The van der Waals surface area contributed by atoms with Gasteiger partial charge in [-0.2, -0.15) is 0 Å². The minimum atomic E-state index is -0.661. The zero-order chi connectivity index (χ0) is 16.9. The number of nitrogens with zero attached hydrogens (tertiary/aromatic N) is 1. The Morgan fingerprint density at radius 1 is 1.04 bits per heavy atom. The van der Waals surface area contributed by atoms with Crippen molar-refractivity contribution in [2.75, 3.05) is 13.2 Å². The van der Waals surface area contributed by atoms with Gasteiger partial charge in [0.15, 0.2) is 5.54 Å². The molecule has 3 aliphatic rings. The quantitative estimate of drug-likeness (QED) is 0.864. The largest absolute Gasteiger partial charge is 0.462 e. The van der Waals surface area contributed by atoms with Gasteiger partial charge in [-0.25, -0.2) is 4.99 Å². The number of ether oxygens (including phenoxy) is 3. The summed E-state index contributed by atoms with van der Waals surface area (Å²) in [5, 5.41) is 0. The fourth-order valence-corrected chi connectivity index (χ4v) is 4.18. The summed E-state index contributed by atoms with van der Waals surface area (Å²) in [6.07, 6.45) is 3.35. The van der Waals surface area contributed by atoms with Gasteiger partial charge in [0.2, 0.25) is 0 Å². The Labute approximate surface area is 146 Å². The number of hydrogen-bond donors (Lipinski definition) is 1. The Morgan fingerprint density at radius 2 is 1.92 bits per heavy atom. The number of para-hydroxylation sites is 1. The molecule has 3 heterocycles. The fourth-order valence-electron chi connectivity index (χ4n) is 4.18. The second kappa shape index (κ2) is 5.49. The number of amidine groups is 1. The lowest BCUT2D eigenvalue weighted by Gasteiger charge is -2.37. The van der Waals surface area contributed by atoms with Crippen molar-refractivity contribution in [3.63, 3.8) is 0 Å². The highest BCUT2D eigenvalue weighted by molar-refractivity contribution is 5.77. The first-order valence-corrected chi connectivity index (χ1v) is 8.78. The van der Waals surface area contributed by atoms with Gasteiger partial charge >= 0.3 is 0 Å². The minimum Gasteiger partial charge on any atom is -0.462 e. The van der Waals surface area contributed by atoms with Gasteiger partial charge in [-0.1, -0.05) is 30.3 Å². The van der Waals surface area contributed by atoms with E-state index in [1.807, 2.05) is 36.4 Å². The first-order valence-electron chi connectivity index (χ1n) is 8.78. The van der Waals surface area contributed by atoms with E-state index in [0.717, 1.165) is 47.6 Å². The Hall–Kier alpha value is -2.53.